The van der Waals surface area contributed by atoms with E-state index in [1.807, 2.05) is 36.4 Å². The zero-order chi connectivity index (χ0) is 22.2. The summed E-state index contributed by atoms with van der Waals surface area (Å²) in [6, 6.07) is 13.7. The Balaban J connectivity index is 1.81. The Morgan fingerprint density at radius 1 is 0.935 bits per heavy atom. The number of carbonyl (C=O) groups excluding carboxylic acids is 1. The molecule has 0 bridgehead atoms. The van der Waals surface area contributed by atoms with Crippen LogP contribution in [0.5, 0.6) is 5.75 Å². The summed E-state index contributed by atoms with van der Waals surface area (Å²) in [5.74, 6) is 1.74. The second kappa shape index (κ2) is 8.02. The molecule has 6 nitrogen and oxygen atoms in total. The molecule has 0 saturated heterocycles. The molecule has 3 aromatic rings. The zero-order valence-electron chi connectivity index (χ0n) is 18.7. The maximum absolute atomic E-state index is 13.1. The lowest BCUT2D eigenvalue weighted by molar-refractivity contribution is 0.0911. The van der Waals surface area contributed by atoms with E-state index in [9.17, 15) is 4.79 Å². The number of hydrogen-bond donors (Lipinski definition) is 2. The summed E-state index contributed by atoms with van der Waals surface area (Å²) in [6.45, 7) is 8.32. The van der Waals surface area contributed by atoms with Gasteiger partial charge in [-0.25, -0.2) is 4.98 Å². The number of hydrogen-bond acceptors (Lipinski definition) is 6. The van der Waals surface area contributed by atoms with E-state index in [0.29, 0.717) is 35.9 Å². The van der Waals surface area contributed by atoms with Crippen molar-refractivity contribution in [2.45, 2.75) is 40.5 Å². The van der Waals surface area contributed by atoms with Gasteiger partial charge in [-0.2, -0.15) is 4.98 Å². The van der Waals surface area contributed by atoms with Crippen molar-refractivity contribution in [3.05, 3.63) is 64.8 Å². The predicted molar refractivity (Wildman–Crippen MR) is 124 cm³/mol. The van der Waals surface area contributed by atoms with Crippen LogP contribution in [0.25, 0.3) is 0 Å². The van der Waals surface area contributed by atoms with E-state index in [0.717, 1.165) is 22.6 Å². The Morgan fingerprint density at radius 2 is 1.68 bits per heavy atom. The molecule has 0 atom stereocenters. The average Bonchev–Trinajstić information content (AvgIpc) is 2.70. The fourth-order valence-electron chi connectivity index (χ4n) is 4.00. The third kappa shape index (κ3) is 4.24. The highest BCUT2D eigenvalue weighted by Crippen LogP contribution is 2.38. The van der Waals surface area contributed by atoms with Crippen LogP contribution in [0.3, 0.4) is 0 Å². The van der Waals surface area contributed by atoms with Gasteiger partial charge in [-0.3, -0.25) is 4.79 Å². The molecule has 0 spiro atoms. The minimum Gasteiger partial charge on any atom is -0.495 e. The highest BCUT2D eigenvalue weighted by molar-refractivity contribution is 6.03. The number of rotatable bonds is 5. The summed E-state index contributed by atoms with van der Waals surface area (Å²) < 4.78 is 5.45. The minimum absolute atomic E-state index is 0.0721. The van der Waals surface area contributed by atoms with Crippen LogP contribution in [-0.4, -0.2) is 22.9 Å². The van der Waals surface area contributed by atoms with Crippen LogP contribution >= 0.6 is 0 Å². The van der Waals surface area contributed by atoms with E-state index in [2.05, 4.69) is 44.4 Å². The zero-order valence-corrected chi connectivity index (χ0v) is 18.7. The van der Waals surface area contributed by atoms with Crippen molar-refractivity contribution in [3.63, 3.8) is 0 Å². The van der Waals surface area contributed by atoms with E-state index in [-0.39, 0.29) is 11.2 Å². The largest absolute Gasteiger partial charge is 0.495 e. The number of carbonyl (C=O) groups is 1. The van der Waals surface area contributed by atoms with Gasteiger partial charge < -0.3 is 15.4 Å². The molecule has 1 aromatic heterocycles. The molecule has 4 rings (SSSR count). The predicted octanol–water partition coefficient (Wildman–Crippen LogP) is 5.74. The maximum Gasteiger partial charge on any atom is 0.229 e. The van der Waals surface area contributed by atoms with Gasteiger partial charge in [0.2, 0.25) is 5.95 Å². The van der Waals surface area contributed by atoms with Gasteiger partial charge in [0.25, 0.3) is 0 Å². The molecule has 2 N–H and O–H groups in total. The van der Waals surface area contributed by atoms with Crippen molar-refractivity contribution in [2.75, 3.05) is 17.7 Å². The summed E-state index contributed by atoms with van der Waals surface area (Å²) in [5.41, 5.74) is 5.21. The van der Waals surface area contributed by atoms with Gasteiger partial charge in [0, 0.05) is 12.1 Å². The van der Waals surface area contributed by atoms with Crippen LogP contribution in [0.2, 0.25) is 0 Å². The molecule has 1 heterocycles. The van der Waals surface area contributed by atoms with Crippen LogP contribution < -0.4 is 15.4 Å². The van der Waals surface area contributed by atoms with Gasteiger partial charge in [-0.15, -0.1) is 0 Å². The van der Waals surface area contributed by atoms with Crippen LogP contribution in [0.15, 0.2) is 42.5 Å². The molecule has 0 saturated carbocycles. The van der Waals surface area contributed by atoms with Gasteiger partial charge in [0.05, 0.1) is 24.1 Å². The number of ether oxygens (including phenoxy) is 1. The molecule has 0 amide bonds. The smallest absolute Gasteiger partial charge is 0.229 e. The molecule has 0 unspecified atom stereocenters. The Morgan fingerprint density at radius 3 is 2.45 bits per heavy atom. The second-order valence-corrected chi connectivity index (χ2v) is 8.86. The fraction of sp³-hybridized carbons (Fsp3) is 0.320. The number of anilines is 4. The van der Waals surface area contributed by atoms with E-state index >= 15 is 0 Å². The molecular weight excluding hydrogens is 388 g/mol. The number of Topliss-reactive ketones (excluding diaryl/α,β-unsaturated/α-hetero) is 1. The van der Waals surface area contributed by atoms with E-state index < -0.39 is 0 Å². The Kier molecular flexibility index (Phi) is 5.39. The molecular formula is C25H28N4O2. The third-order valence-corrected chi connectivity index (χ3v) is 5.76. The monoisotopic (exact) mass is 416 g/mol. The molecule has 2 aromatic carbocycles. The molecule has 31 heavy (non-hydrogen) atoms. The van der Waals surface area contributed by atoms with Gasteiger partial charge in [-0.1, -0.05) is 38.1 Å². The van der Waals surface area contributed by atoms with E-state index in [4.69, 9.17) is 14.7 Å². The van der Waals surface area contributed by atoms with Gasteiger partial charge in [-0.05, 0) is 55.0 Å². The third-order valence-electron chi connectivity index (χ3n) is 5.76. The summed E-state index contributed by atoms with van der Waals surface area (Å²) in [5, 5.41) is 6.68. The van der Waals surface area contributed by atoms with Crippen LogP contribution in [0, 0.1) is 19.3 Å². The molecule has 0 radical (unpaired) electrons. The number of para-hydroxylation sites is 2. The summed E-state index contributed by atoms with van der Waals surface area (Å²) in [4.78, 5) is 22.5. The maximum atomic E-state index is 13.1. The highest BCUT2D eigenvalue weighted by Gasteiger charge is 2.35. The molecule has 1 aliphatic rings. The Bertz CT molecular complexity index is 1150. The molecule has 0 aliphatic heterocycles. The van der Waals surface area contributed by atoms with Crippen molar-refractivity contribution in [2.24, 2.45) is 5.41 Å². The molecule has 1 aliphatic carbocycles. The number of benzene rings is 2. The summed E-state index contributed by atoms with van der Waals surface area (Å²) >= 11 is 0. The summed E-state index contributed by atoms with van der Waals surface area (Å²) in [7, 11) is 1.63. The van der Waals surface area contributed by atoms with Gasteiger partial charge in [0.15, 0.2) is 5.78 Å². The Labute approximate surface area is 183 Å². The lowest BCUT2D eigenvalue weighted by Crippen LogP contribution is -2.29. The first kappa shape index (κ1) is 20.8. The second-order valence-electron chi connectivity index (χ2n) is 8.86. The van der Waals surface area contributed by atoms with Crippen molar-refractivity contribution in [3.8, 4) is 5.75 Å². The normalized spacial score (nSPS) is 14.7. The van der Waals surface area contributed by atoms with Gasteiger partial charge >= 0.3 is 0 Å². The molecule has 160 valence electrons. The number of ketones is 1. The quantitative estimate of drug-likeness (QED) is 0.552. The topological polar surface area (TPSA) is 76.1 Å². The van der Waals surface area contributed by atoms with E-state index in [1.165, 1.54) is 5.56 Å². The van der Waals surface area contributed by atoms with Crippen LogP contribution in [0.1, 0.15) is 47.4 Å². The summed E-state index contributed by atoms with van der Waals surface area (Å²) in [6.07, 6.45) is 1.18. The van der Waals surface area contributed by atoms with Crippen molar-refractivity contribution in [1.29, 1.82) is 0 Å². The fourth-order valence-corrected chi connectivity index (χ4v) is 4.00. The van der Waals surface area contributed by atoms with Crippen molar-refractivity contribution >= 4 is 28.9 Å². The minimum atomic E-state index is -0.142. The number of methoxy groups -OCH3 is 1. The number of fused-ring (bicyclic) bond motifs is 1. The Hall–Kier alpha value is -3.41. The lowest BCUT2D eigenvalue weighted by Gasteiger charge is -2.30. The number of nitrogens with zero attached hydrogens (tertiary/aromatic N) is 2. The lowest BCUT2D eigenvalue weighted by atomic mass is 9.75. The SMILES string of the molecule is COc1ccccc1Nc1nc2c(c(Nc3cccc(C)c3C)n1)C(=O)CC(C)(C)C2. The van der Waals surface area contributed by atoms with Gasteiger partial charge in [0.1, 0.15) is 11.6 Å². The van der Waals surface area contributed by atoms with Crippen LogP contribution in [-0.2, 0) is 6.42 Å². The first-order valence-corrected chi connectivity index (χ1v) is 10.4. The first-order valence-electron chi connectivity index (χ1n) is 10.4. The average molecular weight is 417 g/mol. The first-order chi connectivity index (χ1) is 14.8. The van der Waals surface area contributed by atoms with E-state index in [1.54, 1.807) is 7.11 Å². The number of aryl methyl sites for hydroxylation is 1. The number of nitrogens with one attached hydrogen (secondary N) is 2. The van der Waals surface area contributed by atoms with Crippen molar-refractivity contribution < 1.29 is 9.53 Å². The van der Waals surface area contributed by atoms with Crippen LogP contribution in [0.4, 0.5) is 23.1 Å². The molecule has 6 heteroatoms. The number of aromatic nitrogens is 2. The molecule has 0 fully saturated rings. The standard InChI is InChI=1S/C25H28N4O2/c1-15-9-8-11-17(16(15)2)26-23-22-19(13-25(3,4)14-20(22)30)28-24(29-23)27-18-10-6-7-12-21(18)31-5/h6-12H,13-14H2,1-5H3,(H2,26,27,28,29). The van der Waals surface area contributed by atoms with Crippen molar-refractivity contribution in [1.82, 2.24) is 9.97 Å². The highest BCUT2D eigenvalue weighted by atomic mass is 16.5.